The average Bonchev–Trinajstić information content (AvgIpc) is 2.86. The van der Waals surface area contributed by atoms with Crippen LogP contribution in [-0.2, 0) is 4.79 Å². The number of hydrogen-bond acceptors (Lipinski definition) is 4. The van der Waals surface area contributed by atoms with E-state index in [0.29, 0.717) is 5.00 Å². The van der Waals surface area contributed by atoms with Crippen molar-refractivity contribution in [2.45, 2.75) is 11.8 Å². The van der Waals surface area contributed by atoms with Crippen molar-refractivity contribution in [2.24, 2.45) is 0 Å². The Balaban J connectivity index is 1.91. The second kappa shape index (κ2) is 7.11. The zero-order chi connectivity index (χ0) is 15.4. The normalized spacial score (nSPS) is 10.4. The second-order valence-electron chi connectivity index (χ2n) is 4.22. The quantitative estimate of drug-likeness (QED) is 0.754. The first kappa shape index (κ1) is 16.1. The van der Waals surface area contributed by atoms with Gasteiger partial charge in [0.15, 0.2) is 0 Å². The zero-order valence-electron chi connectivity index (χ0n) is 11.1. The van der Waals surface area contributed by atoms with Gasteiger partial charge < -0.3 is 10.4 Å². The van der Waals surface area contributed by atoms with Gasteiger partial charge in [0.05, 0.1) is 10.8 Å². The molecular weight excluding hydrogens is 374 g/mol. The number of hydrogen-bond donors (Lipinski definition) is 2. The number of carboxylic acid groups (broad SMARTS) is 1. The van der Waals surface area contributed by atoms with Crippen LogP contribution < -0.4 is 5.32 Å². The minimum Gasteiger partial charge on any atom is -0.477 e. The molecule has 0 fully saturated rings. The van der Waals surface area contributed by atoms with Crippen LogP contribution in [0.5, 0.6) is 0 Å². The lowest BCUT2D eigenvalue weighted by Gasteiger charge is -2.06. The Morgan fingerprint density at radius 2 is 2.10 bits per heavy atom. The molecule has 21 heavy (non-hydrogen) atoms. The van der Waals surface area contributed by atoms with Crippen LogP contribution in [0.15, 0.2) is 39.7 Å². The minimum atomic E-state index is -0.986. The summed E-state index contributed by atoms with van der Waals surface area (Å²) >= 11 is 5.90. The van der Waals surface area contributed by atoms with Crippen molar-refractivity contribution in [1.29, 1.82) is 0 Å². The predicted molar refractivity (Wildman–Crippen MR) is 89.5 cm³/mol. The number of thiophene rings is 1. The molecule has 0 aliphatic carbocycles. The van der Waals surface area contributed by atoms with Gasteiger partial charge in [-0.15, -0.1) is 23.1 Å². The molecule has 2 aromatic rings. The van der Waals surface area contributed by atoms with Gasteiger partial charge in [0.1, 0.15) is 4.88 Å². The van der Waals surface area contributed by atoms with Gasteiger partial charge in [-0.1, -0.05) is 15.9 Å². The first-order valence-electron chi connectivity index (χ1n) is 5.97. The number of benzene rings is 1. The smallest absolute Gasteiger partial charge is 0.345 e. The van der Waals surface area contributed by atoms with E-state index in [1.165, 1.54) is 17.8 Å². The van der Waals surface area contributed by atoms with E-state index >= 15 is 0 Å². The van der Waals surface area contributed by atoms with Crippen LogP contribution in [0.3, 0.4) is 0 Å². The van der Waals surface area contributed by atoms with Crippen LogP contribution >= 0.6 is 39.0 Å². The molecule has 1 aromatic carbocycles. The number of halogens is 1. The Morgan fingerprint density at radius 3 is 2.71 bits per heavy atom. The van der Waals surface area contributed by atoms with Gasteiger partial charge in [0.2, 0.25) is 5.91 Å². The van der Waals surface area contributed by atoms with E-state index in [0.717, 1.165) is 26.3 Å². The van der Waals surface area contributed by atoms with E-state index in [1.807, 2.05) is 25.1 Å². The largest absolute Gasteiger partial charge is 0.477 e. The Labute approximate surface area is 138 Å². The Morgan fingerprint density at radius 1 is 1.33 bits per heavy atom. The lowest BCUT2D eigenvalue weighted by atomic mass is 10.2. The number of aromatic carboxylic acids is 1. The highest BCUT2D eigenvalue weighted by molar-refractivity contribution is 9.10. The van der Waals surface area contributed by atoms with Gasteiger partial charge in [0, 0.05) is 9.37 Å². The number of nitrogens with one attached hydrogen (secondary N) is 1. The topological polar surface area (TPSA) is 66.4 Å². The molecule has 0 saturated heterocycles. The molecule has 2 rings (SSSR count). The minimum absolute atomic E-state index is 0.152. The van der Waals surface area contributed by atoms with Crippen LogP contribution in [0, 0.1) is 6.92 Å². The van der Waals surface area contributed by atoms with E-state index < -0.39 is 5.97 Å². The molecule has 0 bridgehead atoms. The molecule has 0 spiro atoms. The number of carboxylic acids is 1. The van der Waals surface area contributed by atoms with Crippen molar-refractivity contribution in [1.82, 2.24) is 0 Å². The second-order valence-corrected chi connectivity index (χ2v) is 7.23. The Kier molecular flexibility index (Phi) is 5.44. The van der Waals surface area contributed by atoms with Crippen LogP contribution in [0.2, 0.25) is 0 Å². The molecule has 1 heterocycles. The third kappa shape index (κ3) is 4.59. The lowest BCUT2D eigenvalue weighted by molar-refractivity contribution is -0.113. The monoisotopic (exact) mass is 385 g/mol. The number of aryl methyl sites for hydroxylation is 1. The van der Waals surface area contributed by atoms with E-state index in [-0.39, 0.29) is 16.5 Å². The SMILES string of the molecule is Cc1cc(Br)ccc1SCC(=O)Nc1ccc(C(=O)O)s1. The van der Waals surface area contributed by atoms with Gasteiger partial charge in [-0.2, -0.15) is 0 Å². The van der Waals surface area contributed by atoms with Crippen molar-refractivity contribution < 1.29 is 14.7 Å². The molecule has 4 nitrogen and oxygen atoms in total. The van der Waals surface area contributed by atoms with Gasteiger partial charge in [0.25, 0.3) is 0 Å². The van der Waals surface area contributed by atoms with Crippen LogP contribution in [0.25, 0.3) is 0 Å². The molecular formula is C14H12BrNO3S2. The summed E-state index contributed by atoms with van der Waals surface area (Å²) in [7, 11) is 0. The fourth-order valence-corrected chi connectivity index (χ4v) is 3.66. The van der Waals surface area contributed by atoms with E-state index in [1.54, 1.807) is 6.07 Å². The molecule has 7 heteroatoms. The number of carbonyl (C=O) groups is 2. The van der Waals surface area contributed by atoms with Crippen molar-refractivity contribution in [2.75, 3.05) is 11.1 Å². The maximum atomic E-state index is 11.9. The average molecular weight is 386 g/mol. The molecule has 2 N–H and O–H groups in total. The number of anilines is 1. The standard InChI is InChI=1S/C14H12BrNO3S2/c1-8-6-9(15)2-3-10(8)20-7-12(17)16-13-5-4-11(21-13)14(18)19/h2-6H,7H2,1H3,(H,16,17)(H,18,19). The molecule has 0 radical (unpaired) electrons. The Hall–Kier alpha value is -1.31. The summed E-state index contributed by atoms with van der Waals surface area (Å²) in [4.78, 5) is 23.9. The van der Waals surface area contributed by atoms with Crippen molar-refractivity contribution in [3.8, 4) is 0 Å². The summed E-state index contributed by atoms with van der Waals surface area (Å²) in [5.41, 5.74) is 1.10. The fraction of sp³-hybridized carbons (Fsp3) is 0.143. The van der Waals surface area contributed by atoms with E-state index in [2.05, 4.69) is 21.2 Å². The van der Waals surface area contributed by atoms with Crippen LogP contribution in [0.4, 0.5) is 5.00 Å². The lowest BCUT2D eigenvalue weighted by Crippen LogP contribution is -2.13. The summed E-state index contributed by atoms with van der Waals surface area (Å²) in [6, 6.07) is 8.98. The van der Waals surface area contributed by atoms with Gasteiger partial charge in [-0.3, -0.25) is 4.79 Å². The maximum Gasteiger partial charge on any atom is 0.345 e. The molecule has 1 amide bonds. The van der Waals surface area contributed by atoms with Gasteiger partial charge in [-0.25, -0.2) is 4.79 Å². The van der Waals surface area contributed by atoms with Gasteiger partial charge >= 0.3 is 5.97 Å². The molecule has 0 unspecified atom stereocenters. The highest BCUT2D eigenvalue weighted by atomic mass is 79.9. The fourth-order valence-electron chi connectivity index (χ4n) is 1.61. The summed E-state index contributed by atoms with van der Waals surface area (Å²) in [6.07, 6.45) is 0. The maximum absolute atomic E-state index is 11.9. The number of carbonyl (C=O) groups excluding carboxylic acids is 1. The predicted octanol–water partition coefficient (Wildman–Crippen LogP) is 4.25. The molecule has 1 aromatic heterocycles. The number of thioether (sulfide) groups is 1. The van der Waals surface area contributed by atoms with Crippen LogP contribution in [-0.4, -0.2) is 22.7 Å². The van der Waals surface area contributed by atoms with Gasteiger partial charge in [-0.05, 0) is 42.8 Å². The molecule has 0 saturated carbocycles. The van der Waals surface area contributed by atoms with Crippen molar-refractivity contribution in [3.63, 3.8) is 0 Å². The molecule has 110 valence electrons. The molecule has 0 aliphatic heterocycles. The van der Waals surface area contributed by atoms with E-state index in [9.17, 15) is 9.59 Å². The summed E-state index contributed by atoms with van der Waals surface area (Å²) in [6.45, 7) is 1.99. The van der Waals surface area contributed by atoms with Crippen LogP contribution in [0.1, 0.15) is 15.2 Å². The first-order chi connectivity index (χ1) is 9.95. The number of amides is 1. The highest BCUT2D eigenvalue weighted by Crippen LogP contribution is 2.26. The third-order valence-electron chi connectivity index (χ3n) is 2.58. The summed E-state index contributed by atoms with van der Waals surface area (Å²) in [5, 5.41) is 12.1. The Bertz CT molecular complexity index is 685. The van der Waals surface area contributed by atoms with E-state index in [4.69, 9.17) is 5.11 Å². The zero-order valence-corrected chi connectivity index (χ0v) is 14.3. The molecule has 0 atom stereocenters. The summed E-state index contributed by atoms with van der Waals surface area (Å²) < 4.78 is 1.01. The first-order valence-corrected chi connectivity index (χ1v) is 8.57. The third-order valence-corrected chi connectivity index (χ3v) is 5.23. The van der Waals surface area contributed by atoms with Crippen molar-refractivity contribution >= 4 is 55.9 Å². The molecule has 0 aliphatic rings. The summed E-state index contributed by atoms with van der Waals surface area (Å²) in [5.74, 6) is -0.857. The number of rotatable bonds is 5. The highest BCUT2D eigenvalue weighted by Gasteiger charge is 2.10. The van der Waals surface area contributed by atoms with Crippen molar-refractivity contribution in [3.05, 3.63) is 45.2 Å².